The molecule has 1 aromatic carbocycles. The zero-order chi connectivity index (χ0) is 15.1. The normalized spacial score (nSPS) is 32.3. The molecule has 0 aromatic heterocycles. The van der Waals surface area contributed by atoms with E-state index in [1.807, 2.05) is 37.3 Å². The number of urea groups is 2. The summed E-state index contributed by atoms with van der Waals surface area (Å²) in [6, 6.07) is 9.57. The average molecular weight is 288 g/mol. The Morgan fingerprint density at radius 3 is 2.24 bits per heavy atom. The van der Waals surface area contributed by atoms with Gasteiger partial charge >= 0.3 is 12.1 Å². The number of hydrogen-bond acceptors (Lipinski definition) is 2. The number of nitrogens with zero attached hydrogens (tertiary/aromatic N) is 2. The molecule has 4 atom stereocenters. The first-order chi connectivity index (χ1) is 10.0. The van der Waals surface area contributed by atoms with Crippen LogP contribution in [0.25, 0.3) is 0 Å². The minimum Gasteiger partial charge on any atom is -0.335 e. The summed E-state index contributed by atoms with van der Waals surface area (Å²) in [5.74, 6) is 0.0813. The van der Waals surface area contributed by atoms with Crippen LogP contribution in [-0.2, 0) is 0 Å². The third-order valence-electron chi connectivity index (χ3n) is 4.55. The van der Waals surface area contributed by atoms with E-state index in [1.165, 1.54) is 0 Å². The van der Waals surface area contributed by atoms with Crippen LogP contribution in [0.1, 0.15) is 18.5 Å². The zero-order valence-electron chi connectivity index (χ0n) is 12.4. The molecule has 0 unspecified atom stereocenters. The van der Waals surface area contributed by atoms with E-state index >= 15 is 0 Å². The van der Waals surface area contributed by atoms with Crippen molar-refractivity contribution in [1.82, 2.24) is 20.4 Å². The lowest BCUT2D eigenvalue weighted by atomic mass is 9.81. The van der Waals surface area contributed by atoms with Gasteiger partial charge in [0.05, 0.1) is 6.04 Å². The number of carbonyl (C=O) groups is 2. The van der Waals surface area contributed by atoms with Crippen molar-refractivity contribution >= 4 is 12.1 Å². The minimum absolute atomic E-state index is 0.0213. The molecule has 2 aliphatic rings. The number of nitrogens with one attached hydrogen (secondary N) is 2. The van der Waals surface area contributed by atoms with Crippen LogP contribution in [0.4, 0.5) is 9.59 Å². The molecule has 2 fully saturated rings. The summed E-state index contributed by atoms with van der Waals surface area (Å²) in [6.07, 6.45) is -0.289. The number of benzene rings is 1. The Hall–Kier alpha value is -2.24. The van der Waals surface area contributed by atoms with Crippen molar-refractivity contribution in [2.45, 2.75) is 25.2 Å². The van der Waals surface area contributed by atoms with E-state index in [0.717, 1.165) is 5.56 Å². The van der Waals surface area contributed by atoms with Crippen LogP contribution >= 0.6 is 0 Å². The Bertz CT molecular complexity index is 562. The van der Waals surface area contributed by atoms with Crippen molar-refractivity contribution in [3.63, 3.8) is 0 Å². The zero-order valence-corrected chi connectivity index (χ0v) is 12.4. The van der Waals surface area contributed by atoms with E-state index in [-0.39, 0.29) is 36.2 Å². The van der Waals surface area contributed by atoms with Gasteiger partial charge in [-0.15, -0.1) is 0 Å². The molecular formula is C15H20N4O2. The summed E-state index contributed by atoms with van der Waals surface area (Å²) in [5.41, 5.74) is 1.08. The van der Waals surface area contributed by atoms with Gasteiger partial charge in [-0.05, 0) is 12.5 Å². The minimum atomic E-state index is -0.289. The monoisotopic (exact) mass is 288 g/mol. The van der Waals surface area contributed by atoms with E-state index in [2.05, 4.69) is 10.6 Å². The van der Waals surface area contributed by atoms with E-state index < -0.39 is 0 Å². The van der Waals surface area contributed by atoms with E-state index in [0.29, 0.717) is 0 Å². The third kappa shape index (κ3) is 2.11. The van der Waals surface area contributed by atoms with Crippen LogP contribution in [-0.4, -0.2) is 48.2 Å². The summed E-state index contributed by atoms with van der Waals surface area (Å²) in [6.45, 7) is 1.99. The Kier molecular flexibility index (Phi) is 3.23. The van der Waals surface area contributed by atoms with Crippen molar-refractivity contribution in [3.8, 4) is 0 Å². The number of carbonyl (C=O) groups excluding carboxylic acids is 2. The standard InChI is InChI=1S/C15H20N4O2/c1-9-11-12(10-7-5-4-6-8-10)18(2)15(21)17-13(11)19(3)14(20)16-9/h4-9,11-13H,1-3H3,(H,16,20)(H,17,21)/t9-,11+,12-,13-/m1/s1. The fourth-order valence-electron chi connectivity index (χ4n) is 3.40. The van der Waals surface area contributed by atoms with Gasteiger partial charge < -0.3 is 20.4 Å². The molecule has 2 heterocycles. The van der Waals surface area contributed by atoms with Crippen LogP contribution in [0.15, 0.2) is 30.3 Å². The molecule has 21 heavy (non-hydrogen) atoms. The summed E-state index contributed by atoms with van der Waals surface area (Å²) < 4.78 is 0. The third-order valence-corrected chi connectivity index (χ3v) is 4.55. The quantitative estimate of drug-likeness (QED) is 0.819. The highest BCUT2D eigenvalue weighted by atomic mass is 16.2. The van der Waals surface area contributed by atoms with Crippen molar-refractivity contribution in [2.75, 3.05) is 14.1 Å². The summed E-state index contributed by atoms with van der Waals surface area (Å²) in [4.78, 5) is 27.5. The highest BCUT2D eigenvalue weighted by molar-refractivity contribution is 5.80. The highest BCUT2D eigenvalue weighted by Gasteiger charge is 2.49. The van der Waals surface area contributed by atoms with Gasteiger partial charge in [0, 0.05) is 26.1 Å². The number of hydrogen-bond donors (Lipinski definition) is 2. The Morgan fingerprint density at radius 2 is 1.57 bits per heavy atom. The summed E-state index contributed by atoms with van der Waals surface area (Å²) >= 11 is 0. The van der Waals surface area contributed by atoms with Gasteiger partial charge in [-0.1, -0.05) is 30.3 Å². The fourth-order valence-corrected chi connectivity index (χ4v) is 3.40. The van der Waals surface area contributed by atoms with Crippen molar-refractivity contribution in [1.29, 1.82) is 0 Å². The average Bonchev–Trinajstić information content (AvgIpc) is 2.48. The Balaban J connectivity index is 2.03. The second kappa shape index (κ2) is 4.95. The first-order valence-electron chi connectivity index (χ1n) is 7.12. The molecule has 0 radical (unpaired) electrons. The fraction of sp³-hybridized carbons (Fsp3) is 0.467. The van der Waals surface area contributed by atoms with Crippen molar-refractivity contribution in [2.24, 2.45) is 5.92 Å². The van der Waals surface area contributed by atoms with Crippen LogP contribution in [0.3, 0.4) is 0 Å². The molecule has 1 aromatic rings. The summed E-state index contributed by atoms with van der Waals surface area (Å²) in [5, 5.41) is 5.90. The van der Waals surface area contributed by atoms with Crippen molar-refractivity contribution < 1.29 is 9.59 Å². The van der Waals surface area contributed by atoms with Crippen LogP contribution in [0.5, 0.6) is 0 Å². The first-order valence-corrected chi connectivity index (χ1v) is 7.12. The van der Waals surface area contributed by atoms with E-state index in [4.69, 9.17) is 0 Å². The second-order valence-corrected chi connectivity index (χ2v) is 5.79. The molecule has 6 nitrogen and oxygen atoms in total. The molecule has 3 rings (SSSR count). The first kappa shape index (κ1) is 13.7. The largest absolute Gasteiger partial charge is 0.335 e. The van der Waals surface area contributed by atoms with Crippen LogP contribution in [0, 0.1) is 5.92 Å². The molecule has 6 heteroatoms. The predicted octanol–water partition coefficient (Wildman–Crippen LogP) is 1.37. The molecule has 4 amide bonds. The second-order valence-electron chi connectivity index (χ2n) is 5.79. The highest BCUT2D eigenvalue weighted by Crippen LogP contribution is 2.38. The molecule has 0 spiro atoms. The molecule has 2 N–H and O–H groups in total. The number of fused-ring (bicyclic) bond motifs is 1. The van der Waals surface area contributed by atoms with Gasteiger partial charge in [0.2, 0.25) is 0 Å². The smallest absolute Gasteiger partial charge is 0.319 e. The SMILES string of the molecule is C[C@H]1NC(=O)N(C)[C@H]2NC(=O)N(C)[C@H](c3ccccc3)[C@H]12. The molecule has 0 bridgehead atoms. The van der Waals surface area contributed by atoms with Crippen LogP contribution in [0.2, 0.25) is 0 Å². The van der Waals surface area contributed by atoms with Gasteiger partial charge in [0.25, 0.3) is 0 Å². The number of rotatable bonds is 1. The Morgan fingerprint density at radius 1 is 0.952 bits per heavy atom. The molecule has 2 aliphatic heterocycles. The maximum atomic E-state index is 12.2. The predicted molar refractivity (Wildman–Crippen MR) is 78.5 cm³/mol. The van der Waals surface area contributed by atoms with Gasteiger partial charge in [0.15, 0.2) is 0 Å². The van der Waals surface area contributed by atoms with Gasteiger partial charge in [-0.3, -0.25) is 0 Å². The lowest BCUT2D eigenvalue weighted by Crippen LogP contribution is -2.71. The van der Waals surface area contributed by atoms with Crippen molar-refractivity contribution in [3.05, 3.63) is 35.9 Å². The molecule has 0 saturated carbocycles. The number of amides is 4. The Labute approximate surface area is 124 Å². The molecular weight excluding hydrogens is 268 g/mol. The lowest BCUT2D eigenvalue weighted by Gasteiger charge is -2.52. The van der Waals surface area contributed by atoms with E-state index in [9.17, 15) is 9.59 Å². The lowest BCUT2D eigenvalue weighted by molar-refractivity contribution is 0.0248. The molecule has 112 valence electrons. The van der Waals surface area contributed by atoms with Crippen LogP contribution < -0.4 is 10.6 Å². The maximum Gasteiger partial charge on any atom is 0.319 e. The molecule has 0 aliphatic carbocycles. The maximum absolute atomic E-state index is 12.2. The van der Waals surface area contributed by atoms with E-state index in [1.54, 1.807) is 23.9 Å². The van der Waals surface area contributed by atoms with Gasteiger partial charge in [-0.25, -0.2) is 9.59 Å². The van der Waals surface area contributed by atoms with Gasteiger partial charge in [0.1, 0.15) is 6.17 Å². The topological polar surface area (TPSA) is 64.7 Å². The molecule has 2 saturated heterocycles. The van der Waals surface area contributed by atoms with Gasteiger partial charge in [-0.2, -0.15) is 0 Å². The summed E-state index contributed by atoms with van der Waals surface area (Å²) in [7, 11) is 3.51.